The van der Waals surface area contributed by atoms with Crippen LogP contribution in [-0.2, 0) is 60.4 Å². The van der Waals surface area contributed by atoms with Crippen LogP contribution < -0.4 is 37.1 Å². The Bertz CT molecular complexity index is 2590. The molecule has 1 saturated heterocycles. The van der Waals surface area contributed by atoms with E-state index in [9.17, 15) is 53.7 Å². The first kappa shape index (κ1) is 60.4. The van der Waals surface area contributed by atoms with Crippen molar-refractivity contribution in [1.29, 1.82) is 0 Å². The maximum absolute atomic E-state index is 15.3. The summed E-state index contributed by atoms with van der Waals surface area (Å²) in [6.07, 6.45) is -2.66. The van der Waals surface area contributed by atoms with Crippen LogP contribution in [0.4, 0.5) is 0 Å². The Labute approximate surface area is 451 Å². The van der Waals surface area contributed by atoms with Gasteiger partial charge in [-0.15, -0.1) is 0 Å². The van der Waals surface area contributed by atoms with Gasteiger partial charge in [0.2, 0.25) is 41.0 Å². The Kier molecular flexibility index (Phi) is 20.2. The van der Waals surface area contributed by atoms with Gasteiger partial charge in [-0.1, -0.05) is 40.0 Å². The van der Waals surface area contributed by atoms with Crippen LogP contribution in [0, 0.1) is 23.7 Å². The van der Waals surface area contributed by atoms with Gasteiger partial charge in [0.25, 0.3) is 5.91 Å². The predicted octanol–water partition coefficient (Wildman–Crippen LogP) is -0.633. The number of hydrogen-bond acceptors (Lipinski definition) is 15. The summed E-state index contributed by atoms with van der Waals surface area (Å²) in [4.78, 5) is 136. The van der Waals surface area contributed by atoms with E-state index in [0.29, 0.717) is 30.2 Å². The molecule has 2 unspecified atom stereocenters. The fourth-order valence-corrected chi connectivity index (χ4v) is 12.2. The number of amides is 7. The number of aromatic amines is 1. The van der Waals surface area contributed by atoms with E-state index in [1.165, 1.54) is 6.92 Å². The lowest BCUT2D eigenvalue weighted by Crippen LogP contribution is -2.67. The first-order valence-electron chi connectivity index (χ1n) is 26.8. The van der Waals surface area contributed by atoms with Crippen molar-refractivity contribution in [2.24, 2.45) is 29.4 Å². The summed E-state index contributed by atoms with van der Waals surface area (Å²) in [5, 5.41) is 45.8. The van der Waals surface area contributed by atoms with Crippen LogP contribution in [0.2, 0.25) is 0 Å². The van der Waals surface area contributed by atoms with Crippen molar-refractivity contribution in [3.8, 4) is 5.75 Å². The predicted molar refractivity (Wildman–Crippen MR) is 282 cm³/mol. The molecule has 8 bridgehead atoms. The molecule has 1 fully saturated rings. The minimum Gasteiger partial charge on any atom is -0.475 e. The minimum atomic E-state index is -2.29. The first-order valence-corrected chi connectivity index (χ1v) is 28.1. The van der Waals surface area contributed by atoms with Gasteiger partial charge in [0.1, 0.15) is 16.8 Å². The highest BCUT2D eigenvalue weighted by Crippen LogP contribution is 2.37. The van der Waals surface area contributed by atoms with Gasteiger partial charge >= 0.3 is 0 Å². The molecule has 2 aromatic rings. The molecule has 0 saturated carbocycles. The Morgan fingerprint density at radius 1 is 0.935 bits per heavy atom. The molecule has 0 radical (unpaired) electrons. The molecule has 11 N–H and O–H groups in total. The number of benzene rings is 1. The van der Waals surface area contributed by atoms with Crippen molar-refractivity contribution in [3.63, 3.8) is 0 Å². The van der Waals surface area contributed by atoms with Gasteiger partial charge < -0.3 is 67.2 Å². The Morgan fingerprint density at radius 2 is 1.62 bits per heavy atom. The number of Topliss-reactive ketones (excluding diaryl/α,β-unsaturated/α-hetero) is 2. The molecule has 6 heterocycles. The van der Waals surface area contributed by atoms with Gasteiger partial charge in [-0.05, 0) is 83.7 Å². The van der Waals surface area contributed by atoms with E-state index in [1.54, 1.807) is 18.2 Å². The summed E-state index contributed by atoms with van der Waals surface area (Å²) >= 11 is 0. The molecule has 5 aliphatic heterocycles. The highest BCUT2D eigenvalue weighted by atomic mass is 32.2. The van der Waals surface area contributed by atoms with Crippen molar-refractivity contribution in [3.05, 3.63) is 23.8 Å². The fourth-order valence-electron chi connectivity index (χ4n) is 10.8. The molecule has 0 aliphatic carbocycles. The molecule has 7 amide bonds. The third-order valence-corrected chi connectivity index (χ3v) is 17.4. The second kappa shape index (κ2) is 25.8. The van der Waals surface area contributed by atoms with Gasteiger partial charge in [-0.25, -0.2) is 0 Å². The van der Waals surface area contributed by atoms with Crippen LogP contribution in [0.1, 0.15) is 111 Å². The molecular weight excluding hydrogens is 1020 g/mol. The summed E-state index contributed by atoms with van der Waals surface area (Å²) in [7, 11) is -0.243. The minimum absolute atomic E-state index is 0.0249. The lowest BCUT2D eigenvalue weighted by molar-refractivity contribution is -0.145. The standard InChI is InChI=1S/C53H79N9O14S/c1-8-28(2)46-53(15-11-9-10-12-16-61(7)52(4,5)6)51(74)56-24-43(69)57-37-27-77(75)49-35(34-14-13-33(76-53)22-36(34)58-49)17-30(47(71)55-23-44(70)59-46)18-40(66)45(29(3)41(67)26-63)60-48(72)38-21-32(64)25-62(38)50(73)31(19-39(37)65)20-42(54)68/h13-14,22,28-32,37-38,41,45-46,58,63-64,67H,8-12,15-21,23-27H2,1-7H3,(H2,54,68)(H,55,71)(H,56,74)(H,57,69)(H,59,70)(H,60,72)/t28-,29-,30+,31-,32+,37-,38-,41-,45-,46-,53?,77?/m0/s1. The second-order valence-corrected chi connectivity index (χ2v) is 23.9. The number of ketones is 2. The molecule has 12 atom stereocenters. The number of carbonyl (C=O) groups is 9. The van der Waals surface area contributed by atoms with Crippen molar-refractivity contribution in [2.75, 3.05) is 45.6 Å². The number of rotatable bonds is 14. The van der Waals surface area contributed by atoms with Gasteiger partial charge in [0.05, 0.1) is 78.0 Å². The quantitative estimate of drug-likeness (QED) is 0.105. The topological polar surface area (TPSA) is 349 Å². The van der Waals surface area contributed by atoms with E-state index in [2.05, 4.69) is 57.2 Å². The number of aromatic nitrogens is 1. The van der Waals surface area contributed by atoms with Crippen LogP contribution in [0.25, 0.3) is 10.9 Å². The van der Waals surface area contributed by atoms with Crippen LogP contribution >= 0.6 is 0 Å². The summed E-state index contributed by atoms with van der Waals surface area (Å²) < 4.78 is 22.0. The van der Waals surface area contributed by atoms with E-state index >= 15 is 9.00 Å². The van der Waals surface area contributed by atoms with Gasteiger partial charge in [-0.2, -0.15) is 0 Å². The third kappa shape index (κ3) is 14.5. The van der Waals surface area contributed by atoms with Gasteiger partial charge in [-0.3, -0.25) is 47.4 Å². The summed E-state index contributed by atoms with van der Waals surface area (Å²) in [6, 6.07) is -1.13. The van der Waals surface area contributed by atoms with Crippen molar-refractivity contribution in [2.45, 2.75) is 165 Å². The zero-order valence-corrected chi connectivity index (χ0v) is 46.1. The lowest BCUT2D eigenvalue weighted by atomic mass is 9.79. The number of unbranched alkanes of at least 4 members (excludes halogenated alkanes) is 3. The number of nitrogens with two attached hydrogens (primary N) is 1. The average molecular weight is 1100 g/mol. The summed E-state index contributed by atoms with van der Waals surface area (Å²) in [5.41, 5.74) is 4.16. The van der Waals surface area contributed by atoms with Crippen LogP contribution in [0.15, 0.2) is 23.2 Å². The number of H-pyrrole nitrogens is 1. The Morgan fingerprint density at radius 3 is 2.30 bits per heavy atom. The van der Waals surface area contributed by atoms with Gasteiger partial charge in [0, 0.05) is 61.1 Å². The zero-order chi connectivity index (χ0) is 56.7. The van der Waals surface area contributed by atoms with E-state index < -0.39 is 181 Å². The average Bonchev–Trinajstić information content (AvgIpc) is 3.98. The number of ether oxygens (including phenoxy) is 1. The van der Waals surface area contributed by atoms with Crippen molar-refractivity contribution in [1.82, 2.24) is 41.4 Å². The van der Waals surface area contributed by atoms with Crippen molar-refractivity contribution < 1.29 is 67.4 Å². The van der Waals surface area contributed by atoms with E-state index in [-0.39, 0.29) is 41.1 Å². The molecule has 0 spiro atoms. The molecule has 426 valence electrons. The Hall–Kier alpha value is -5.82. The highest BCUT2D eigenvalue weighted by molar-refractivity contribution is 7.85. The summed E-state index contributed by atoms with van der Waals surface area (Å²) in [5.74, 6) is -13.1. The number of primary amides is 1. The SMILES string of the molecule is CC[C@H](C)[C@@H]1NC(=O)CNC(=O)[C@H]2CC(=O)[C@H]([C@@H](C)[C@@H](O)CO)NC(=O)[C@@H]3C[C@@H](O)CN3C(=O)[C@H](CC(N)=O)CC(=O)[C@@H]3CS(=O)c4[nH]c5cc(ccc5c4C2)OC1(CCCCCCN(C)C(C)(C)C)C(=O)NCC(=O)N3. The number of fused-ring (bicyclic) bond motifs is 9. The molecule has 7 rings (SSSR count). The molecule has 23 nitrogen and oxygen atoms in total. The highest BCUT2D eigenvalue weighted by Gasteiger charge is 2.51. The molecule has 5 aliphatic rings. The van der Waals surface area contributed by atoms with Gasteiger partial charge in [0.15, 0.2) is 11.6 Å². The van der Waals surface area contributed by atoms with Crippen LogP contribution in [0.5, 0.6) is 5.75 Å². The first-order chi connectivity index (χ1) is 36.3. The number of nitrogens with zero attached hydrogens (tertiary/aromatic N) is 2. The smallest absolute Gasteiger partial charge is 0.266 e. The van der Waals surface area contributed by atoms with Crippen molar-refractivity contribution >= 4 is 74.6 Å². The van der Waals surface area contributed by atoms with Crippen LogP contribution in [0.3, 0.4) is 0 Å². The van der Waals surface area contributed by atoms with E-state index in [4.69, 9.17) is 10.5 Å². The largest absolute Gasteiger partial charge is 0.475 e. The third-order valence-electron chi connectivity index (χ3n) is 15.9. The number of nitrogens with one attached hydrogen (secondary N) is 6. The lowest BCUT2D eigenvalue weighted by Gasteiger charge is -2.42. The molecular formula is C53H79N9O14S. The number of aliphatic hydroxyl groups excluding tert-OH is 3. The Balaban J connectivity index is 1.57. The van der Waals surface area contributed by atoms with Crippen LogP contribution in [-0.4, -0.2) is 180 Å². The normalized spacial score (nSPS) is 28.6. The summed E-state index contributed by atoms with van der Waals surface area (Å²) in [6.45, 7) is 9.56. The molecule has 1 aromatic carbocycles. The maximum atomic E-state index is 15.3. The zero-order valence-electron chi connectivity index (χ0n) is 45.2. The molecule has 24 heteroatoms. The maximum Gasteiger partial charge on any atom is 0.266 e. The fraction of sp³-hybridized carbons (Fsp3) is 0.679. The molecule has 1 aromatic heterocycles. The number of carbonyl (C=O) groups excluding carboxylic acids is 9. The van der Waals surface area contributed by atoms with E-state index in [0.717, 1.165) is 24.3 Å². The number of hydrogen-bond donors (Lipinski definition) is 10. The monoisotopic (exact) mass is 1100 g/mol. The second-order valence-electron chi connectivity index (χ2n) is 22.5. The number of aliphatic hydroxyl groups is 3. The molecule has 77 heavy (non-hydrogen) atoms. The van der Waals surface area contributed by atoms with E-state index in [1.807, 2.05) is 20.9 Å².